The topological polar surface area (TPSA) is 205 Å². The van der Waals surface area contributed by atoms with Gasteiger partial charge >= 0.3 is 0 Å². The van der Waals surface area contributed by atoms with E-state index in [0.29, 0.717) is 80.8 Å². The largest absolute Gasteiger partial charge is 0.491 e. The number of nitrogens with one attached hydrogen (secondary N) is 3. The minimum absolute atomic E-state index is 0.0499. The molecule has 65 heavy (non-hydrogen) atoms. The van der Waals surface area contributed by atoms with E-state index in [0.717, 1.165) is 38.1 Å². The number of anilines is 2. The molecule has 3 aromatic carbocycles. The van der Waals surface area contributed by atoms with E-state index >= 15 is 0 Å². The summed E-state index contributed by atoms with van der Waals surface area (Å²) in [5, 5.41) is 18.8. The van der Waals surface area contributed by atoms with Crippen LogP contribution in [0.2, 0.25) is 5.02 Å². The van der Waals surface area contributed by atoms with Gasteiger partial charge in [-0.2, -0.15) is 0 Å². The van der Waals surface area contributed by atoms with E-state index < -0.39 is 35.7 Å². The Labute approximate surface area is 383 Å². The van der Waals surface area contributed by atoms with Gasteiger partial charge in [-0.1, -0.05) is 29.8 Å². The Morgan fingerprint density at radius 2 is 1.55 bits per heavy atom. The average Bonchev–Trinajstić information content (AvgIpc) is 3.87. The minimum atomic E-state index is -1.03. The number of ether oxygens (including phenoxy) is 4. The number of benzene rings is 3. The summed E-state index contributed by atoms with van der Waals surface area (Å²) in [4.78, 5) is 71.0. The maximum atomic E-state index is 13.5. The van der Waals surface area contributed by atoms with E-state index in [1.54, 1.807) is 53.8 Å². The molecule has 3 aliphatic heterocycles. The molecule has 5 amide bonds. The number of fused-ring (bicyclic) bond motifs is 4. The monoisotopic (exact) mass is 922 g/mol. The second-order valence-electron chi connectivity index (χ2n) is 15.5. The van der Waals surface area contributed by atoms with Crippen molar-refractivity contribution in [3.05, 3.63) is 116 Å². The Morgan fingerprint density at radius 3 is 2.28 bits per heavy atom. The van der Waals surface area contributed by atoms with Gasteiger partial charge in [0.15, 0.2) is 5.82 Å². The Morgan fingerprint density at radius 1 is 0.846 bits per heavy atom. The summed E-state index contributed by atoms with van der Waals surface area (Å²) >= 11 is 7.89. The third kappa shape index (κ3) is 10.0. The molecule has 0 aliphatic carbocycles. The number of rotatable bonds is 19. The fourth-order valence-corrected chi connectivity index (χ4v) is 9.18. The minimum Gasteiger partial charge on any atom is -0.491 e. The van der Waals surface area contributed by atoms with E-state index in [1.165, 1.54) is 4.88 Å². The standard InChI is InChI=1S/C46H47ClN8O9S/c1-26-27(2)65-46-39(26)41(29-7-9-30(47)10-8-29)50-35(42-53-52-28(3)54(42)46)25-38(57)49-31-11-13-32(14-12-31)64-24-23-63-22-21-62-20-19-61-18-17-48-34-6-4-5-33-40(34)45(60)55(44(33)59)36-15-16-37(56)51-43(36)58/h4-14,35-36,48H,15-25H2,1-3H3,(H,49,57)(H,51,56,58)/t35-,36-/m0/s1. The van der Waals surface area contributed by atoms with Crippen LogP contribution in [-0.4, -0.2) is 114 Å². The van der Waals surface area contributed by atoms with Crippen LogP contribution < -0.4 is 20.7 Å². The number of amides is 5. The van der Waals surface area contributed by atoms with Crippen molar-refractivity contribution in [1.82, 2.24) is 25.0 Å². The van der Waals surface area contributed by atoms with Crippen molar-refractivity contribution in [2.75, 3.05) is 63.4 Å². The lowest BCUT2D eigenvalue weighted by atomic mass is 9.99. The first-order valence-corrected chi connectivity index (χ1v) is 22.4. The molecule has 3 N–H and O–H groups in total. The number of nitrogens with zero attached hydrogens (tertiary/aromatic N) is 5. The predicted octanol–water partition coefficient (Wildman–Crippen LogP) is 5.77. The number of aromatic nitrogens is 3. The van der Waals surface area contributed by atoms with Crippen LogP contribution in [0.15, 0.2) is 71.7 Å². The van der Waals surface area contributed by atoms with Crippen LogP contribution in [0.4, 0.5) is 11.4 Å². The van der Waals surface area contributed by atoms with Gasteiger partial charge in [-0.15, -0.1) is 21.5 Å². The normalized spacial score (nSPS) is 16.7. The van der Waals surface area contributed by atoms with Crippen molar-refractivity contribution in [2.24, 2.45) is 4.99 Å². The van der Waals surface area contributed by atoms with Crippen molar-refractivity contribution in [1.29, 1.82) is 0 Å². The highest BCUT2D eigenvalue weighted by Gasteiger charge is 2.45. The maximum absolute atomic E-state index is 13.5. The summed E-state index contributed by atoms with van der Waals surface area (Å²) in [6.45, 7) is 8.86. The molecule has 1 fully saturated rings. The number of carbonyl (C=O) groups excluding carboxylic acids is 5. The van der Waals surface area contributed by atoms with Crippen LogP contribution in [0.1, 0.15) is 79.2 Å². The lowest BCUT2D eigenvalue weighted by molar-refractivity contribution is -0.136. The lowest BCUT2D eigenvalue weighted by Crippen LogP contribution is -2.54. The number of hydrogen-bond donors (Lipinski definition) is 3. The summed E-state index contributed by atoms with van der Waals surface area (Å²) in [6, 6.07) is 18.0. The van der Waals surface area contributed by atoms with Gasteiger partial charge in [0.2, 0.25) is 17.7 Å². The van der Waals surface area contributed by atoms with Crippen molar-refractivity contribution in [3.8, 4) is 10.8 Å². The smallest absolute Gasteiger partial charge is 0.264 e. The Bertz CT molecular complexity index is 2650. The van der Waals surface area contributed by atoms with Gasteiger partial charge in [-0.05, 0) is 81.3 Å². The van der Waals surface area contributed by atoms with E-state index in [-0.39, 0.29) is 36.3 Å². The summed E-state index contributed by atoms with van der Waals surface area (Å²) < 4.78 is 24.7. The van der Waals surface area contributed by atoms with Crippen molar-refractivity contribution < 1.29 is 42.9 Å². The first-order valence-electron chi connectivity index (χ1n) is 21.2. The molecule has 8 rings (SSSR count). The lowest BCUT2D eigenvalue weighted by Gasteiger charge is -2.27. The van der Waals surface area contributed by atoms with E-state index in [2.05, 4.69) is 40.0 Å². The highest BCUT2D eigenvalue weighted by atomic mass is 35.5. The Balaban J connectivity index is 0.716. The number of aryl methyl sites for hydroxylation is 2. The van der Waals surface area contributed by atoms with E-state index in [4.69, 9.17) is 35.5 Å². The van der Waals surface area contributed by atoms with Crippen molar-refractivity contribution in [2.45, 2.75) is 52.1 Å². The summed E-state index contributed by atoms with van der Waals surface area (Å²) in [7, 11) is 0. The van der Waals surface area contributed by atoms with Crippen LogP contribution in [0.5, 0.6) is 5.75 Å². The molecule has 2 aromatic heterocycles. The first-order chi connectivity index (χ1) is 31.5. The molecular formula is C46H47ClN8O9S. The van der Waals surface area contributed by atoms with Gasteiger partial charge in [-0.25, -0.2) is 0 Å². The molecule has 0 spiro atoms. The fraction of sp³-hybridized carbons (Fsp3) is 0.348. The summed E-state index contributed by atoms with van der Waals surface area (Å²) in [5.74, 6) is -0.476. The molecular weight excluding hydrogens is 876 g/mol. The van der Waals surface area contributed by atoms with Gasteiger partial charge in [0.1, 0.15) is 35.3 Å². The van der Waals surface area contributed by atoms with E-state index in [9.17, 15) is 24.0 Å². The maximum Gasteiger partial charge on any atom is 0.264 e. The molecule has 2 atom stereocenters. The summed E-state index contributed by atoms with van der Waals surface area (Å²) in [6.07, 6.45) is 0.196. The zero-order valence-corrected chi connectivity index (χ0v) is 37.6. The molecule has 3 aliphatic rings. The van der Waals surface area contributed by atoms with Crippen LogP contribution in [0.3, 0.4) is 0 Å². The van der Waals surface area contributed by atoms with Gasteiger partial charge in [0.05, 0.1) is 62.9 Å². The molecule has 1 saturated heterocycles. The number of imide groups is 2. The molecule has 0 radical (unpaired) electrons. The van der Waals surface area contributed by atoms with Crippen LogP contribution >= 0.6 is 22.9 Å². The highest BCUT2D eigenvalue weighted by Crippen LogP contribution is 2.40. The van der Waals surface area contributed by atoms with E-state index in [1.807, 2.05) is 35.8 Å². The zero-order valence-electron chi connectivity index (χ0n) is 36.0. The fourth-order valence-electron chi connectivity index (χ4n) is 7.84. The molecule has 0 bridgehead atoms. The number of aliphatic imine (C=N–C) groups is 1. The Hall–Kier alpha value is -6.31. The number of hydrogen-bond acceptors (Lipinski definition) is 14. The van der Waals surface area contributed by atoms with Gasteiger partial charge in [0.25, 0.3) is 11.8 Å². The van der Waals surface area contributed by atoms with Gasteiger partial charge in [0, 0.05) is 45.4 Å². The molecule has 0 unspecified atom stereocenters. The second-order valence-corrected chi connectivity index (χ2v) is 17.1. The second kappa shape index (κ2) is 20.2. The zero-order chi connectivity index (χ0) is 45.6. The molecule has 5 heterocycles. The van der Waals surface area contributed by atoms with Crippen molar-refractivity contribution in [3.63, 3.8) is 0 Å². The SMILES string of the molecule is Cc1sc2c(c1C)C(c1ccc(Cl)cc1)=N[C@@H](CC(=O)Nc1ccc(OCCOCCOCCOCCNc3cccc4c3C(=O)N([C@H]3CCC(=O)NC3=O)C4=O)cc1)c1nnc(C)n1-2. The molecule has 19 heteroatoms. The number of carbonyl (C=O) groups is 5. The van der Waals surface area contributed by atoms with Crippen LogP contribution in [0, 0.1) is 20.8 Å². The molecule has 338 valence electrons. The highest BCUT2D eigenvalue weighted by molar-refractivity contribution is 7.15. The quantitative estimate of drug-likeness (QED) is 0.0668. The third-order valence-corrected chi connectivity index (χ3v) is 12.6. The van der Waals surface area contributed by atoms with Crippen LogP contribution in [-0.2, 0) is 28.6 Å². The number of thiophene rings is 1. The summed E-state index contributed by atoms with van der Waals surface area (Å²) in [5.41, 5.74) is 5.28. The number of halogens is 1. The van der Waals surface area contributed by atoms with Crippen molar-refractivity contribution >= 4 is 69.6 Å². The van der Waals surface area contributed by atoms with Gasteiger partial charge in [-0.3, -0.25) is 43.7 Å². The predicted molar refractivity (Wildman–Crippen MR) is 243 cm³/mol. The number of piperidine rings is 1. The average molecular weight is 923 g/mol. The molecule has 5 aromatic rings. The third-order valence-electron chi connectivity index (χ3n) is 11.1. The van der Waals surface area contributed by atoms with Gasteiger partial charge < -0.3 is 29.6 Å². The molecule has 0 saturated carbocycles. The van der Waals surface area contributed by atoms with Crippen LogP contribution in [0.25, 0.3) is 5.00 Å². The Kier molecular flexibility index (Phi) is 14.1. The first kappa shape index (κ1) is 45.3. The molecule has 17 nitrogen and oxygen atoms in total.